The van der Waals surface area contributed by atoms with Crippen molar-refractivity contribution in [1.82, 2.24) is 0 Å². The lowest BCUT2D eigenvalue weighted by molar-refractivity contribution is -0.386. The Morgan fingerprint density at radius 3 is 2.80 bits per heavy atom. The van der Waals surface area contributed by atoms with E-state index >= 15 is 0 Å². The third kappa shape index (κ3) is 2.77. The summed E-state index contributed by atoms with van der Waals surface area (Å²) in [6, 6.07) is 6.94. The second kappa shape index (κ2) is 5.30. The number of halogens is 1. The summed E-state index contributed by atoms with van der Waals surface area (Å²) in [6.45, 7) is 1.43. The number of nitro groups is 1. The molecule has 1 unspecified atom stereocenters. The number of aliphatic hydroxyl groups is 1. The van der Waals surface area contributed by atoms with Gasteiger partial charge in [0.05, 0.1) is 17.7 Å². The zero-order chi connectivity index (χ0) is 14.8. The van der Waals surface area contributed by atoms with E-state index < -0.39 is 22.0 Å². The van der Waals surface area contributed by atoms with Gasteiger partial charge in [0.25, 0.3) is 0 Å². The highest BCUT2D eigenvalue weighted by atomic mass is 19.1. The molecule has 0 saturated heterocycles. The van der Waals surface area contributed by atoms with Crippen LogP contribution in [0.15, 0.2) is 41.0 Å². The summed E-state index contributed by atoms with van der Waals surface area (Å²) in [5, 5.41) is 23.7. The van der Waals surface area contributed by atoms with Crippen molar-refractivity contribution in [3.8, 4) is 0 Å². The average molecular weight is 280 g/mol. The van der Waals surface area contributed by atoms with Crippen molar-refractivity contribution in [1.29, 1.82) is 0 Å². The Morgan fingerprint density at radius 1 is 1.45 bits per heavy atom. The molecule has 2 N–H and O–H groups in total. The van der Waals surface area contributed by atoms with Crippen LogP contribution in [0.4, 0.5) is 15.8 Å². The highest BCUT2D eigenvalue weighted by molar-refractivity contribution is 5.62. The summed E-state index contributed by atoms with van der Waals surface area (Å²) in [7, 11) is 0. The molecule has 0 fully saturated rings. The molecule has 106 valence electrons. The summed E-state index contributed by atoms with van der Waals surface area (Å²) in [4.78, 5) is 10.0. The van der Waals surface area contributed by atoms with Crippen molar-refractivity contribution < 1.29 is 18.8 Å². The predicted molar refractivity (Wildman–Crippen MR) is 69.8 cm³/mol. The van der Waals surface area contributed by atoms with Gasteiger partial charge in [-0.2, -0.15) is 4.39 Å². The number of rotatable bonds is 5. The van der Waals surface area contributed by atoms with Crippen molar-refractivity contribution >= 4 is 11.4 Å². The maximum atomic E-state index is 13.4. The normalized spacial score (nSPS) is 13.8. The van der Waals surface area contributed by atoms with Crippen molar-refractivity contribution in [2.24, 2.45) is 0 Å². The molecule has 7 heteroatoms. The second-order valence-electron chi connectivity index (χ2n) is 4.50. The summed E-state index contributed by atoms with van der Waals surface area (Å²) >= 11 is 0. The molecule has 0 aliphatic heterocycles. The minimum atomic E-state index is -1.37. The molecule has 1 aromatic carbocycles. The lowest BCUT2D eigenvalue weighted by atomic mass is 10.0. The molecular weight excluding hydrogens is 267 g/mol. The van der Waals surface area contributed by atoms with E-state index in [-0.39, 0.29) is 12.2 Å². The molecule has 1 heterocycles. The van der Waals surface area contributed by atoms with E-state index in [4.69, 9.17) is 4.42 Å². The predicted octanol–water partition coefficient (Wildman–Crippen LogP) is 2.65. The lowest BCUT2D eigenvalue weighted by Crippen LogP contribution is -2.30. The molecule has 0 bridgehead atoms. The molecule has 0 radical (unpaired) electrons. The molecule has 0 aliphatic rings. The first-order valence-electron chi connectivity index (χ1n) is 5.85. The maximum Gasteiger partial charge on any atom is 0.327 e. The number of para-hydroxylation sites is 1. The Bertz CT molecular complexity index is 611. The van der Waals surface area contributed by atoms with Crippen LogP contribution in [0.2, 0.25) is 0 Å². The third-order valence-electron chi connectivity index (χ3n) is 2.84. The number of hydrogen-bond donors (Lipinski definition) is 2. The molecule has 2 rings (SSSR count). The minimum Gasteiger partial charge on any atom is -0.466 e. The summed E-state index contributed by atoms with van der Waals surface area (Å²) in [5.41, 5.74) is -2.02. The SMILES string of the molecule is CC(O)(CNc1cccc(F)c1[N+](=O)[O-])c1ccco1. The van der Waals surface area contributed by atoms with E-state index in [1.54, 1.807) is 12.1 Å². The third-order valence-corrected chi connectivity index (χ3v) is 2.84. The smallest absolute Gasteiger partial charge is 0.327 e. The fourth-order valence-electron chi connectivity index (χ4n) is 1.78. The van der Waals surface area contributed by atoms with Gasteiger partial charge in [-0.05, 0) is 31.2 Å². The number of nitrogens with one attached hydrogen (secondary N) is 1. The van der Waals surface area contributed by atoms with Crippen LogP contribution in [0, 0.1) is 15.9 Å². The van der Waals surface area contributed by atoms with Crippen LogP contribution in [-0.2, 0) is 5.60 Å². The van der Waals surface area contributed by atoms with Crippen molar-refractivity contribution in [2.75, 3.05) is 11.9 Å². The van der Waals surface area contributed by atoms with E-state index in [9.17, 15) is 19.6 Å². The molecule has 20 heavy (non-hydrogen) atoms. The Balaban J connectivity index is 2.20. The molecule has 0 spiro atoms. The number of anilines is 1. The molecule has 2 aromatic rings. The van der Waals surface area contributed by atoms with E-state index in [1.807, 2.05) is 0 Å². The monoisotopic (exact) mass is 280 g/mol. The van der Waals surface area contributed by atoms with Crippen molar-refractivity contribution in [2.45, 2.75) is 12.5 Å². The van der Waals surface area contributed by atoms with E-state index in [0.29, 0.717) is 5.76 Å². The number of benzene rings is 1. The zero-order valence-corrected chi connectivity index (χ0v) is 10.7. The maximum absolute atomic E-state index is 13.4. The van der Waals surface area contributed by atoms with Gasteiger partial charge in [-0.1, -0.05) is 6.07 Å². The number of hydrogen-bond acceptors (Lipinski definition) is 5. The van der Waals surface area contributed by atoms with Crippen molar-refractivity contribution in [3.63, 3.8) is 0 Å². The van der Waals surface area contributed by atoms with E-state index in [2.05, 4.69) is 5.32 Å². The van der Waals surface area contributed by atoms with Crippen LogP contribution in [0.1, 0.15) is 12.7 Å². The molecule has 0 amide bonds. The van der Waals surface area contributed by atoms with Crippen LogP contribution in [0.5, 0.6) is 0 Å². The molecule has 0 saturated carbocycles. The Kier molecular flexibility index (Phi) is 3.71. The second-order valence-corrected chi connectivity index (χ2v) is 4.50. The first-order valence-corrected chi connectivity index (χ1v) is 5.85. The zero-order valence-electron chi connectivity index (χ0n) is 10.7. The molecular formula is C13H13FN2O4. The fraction of sp³-hybridized carbons (Fsp3) is 0.231. The van der Waals surface area contributed by atoms with Gasteiger partial charge in [0.1, 0.15) is 17.0 Å². The van der Waals surface area contributed by atoms with E-state index in [0.717, 1.165) is 6.07 Å². The number of nitro benzene ring substituents is 1. The van der Waals surface area contributed by atoms with Gasteiger partial charge in [0, 0.05) is 0 Å². The standard InChI is InChI=1S/C13H13FN2O4/c1-13(17,11-6-3-7-20-11)8-15-10-5-2-4-9(14)12(10)16(18)19/h2-7,15,17H,8H2,1H3. The van der Waals surface area contributed by atoms with Crippen LogP contribution >= 0.6 is 0 Å². The van der Waals surface area contributed by atoms with Crippen LogP contribution in [0.3, 0.4) is 0 Å². The Morgan fingerprint density at radius 2 is 2.20 bits per heavy atom. The first-order chi connectivity index (χ1) is 9.42. The minimum absolute atomic E-state index is 0.00170. The first kappa shape index (κ1) is 14.0. The van der Waals surface area contributed by atoms with Crippen LogP contribution < -0.4 is 5.32 Å². The average Bonchev–Trinajstić information content (AvgIpc) is 2.90. The van der Waals surface area contributed by atoms with Crippen LogP contribution in [0.25, 0.3) is 0 Å². The van der Waals surface area contributed by atoms with Gasteiger partial charge in [-0.3, -0.25) is 10.1 Å². The van der Waals surface area contributed by atoms with Gasteiger partial charge in [0.2, 0.25) is 5.82 Å². The summed E-state index contributed by atoms with van der Waals surface area (Å²) in [5.74, 6) is -0.623. The van der Waals surface area contributed by atoms with Gasteiger partial charge >= 0.3 is 5.69 Å². The van der Waals surface area contributed by atoms with Gasteiger partial charge < -0.3 is 14.8 Å². The van der Waals surface area contributed by atoms with Crippen molar-refractivity contribution in [3.05, 3.63) is 58.3 Å². The highest BCUT2D eigenvalue weighted by Crippen LogP contribution is 2.29. The highest BCUT2D eigenvalue weighted by Gasteiger charge is 2.28. The largest absolute Gasteiger partial charge is 0.466 e. The Hall–Kier alpha value is -2.41. The fourth-order valence-corrected chi connectivity index (χ4v) is 1.78. The molecule has 6 nitrogen and oxygen atoms in total. The topological polar surface area (TPSA) is 88.5 Å². The van der Waals surface area contributed by atoms with Gasteiger partial charge in [0.15, 0.2) is 0 Å². The molecule has 1 atom stereocenters. The van der Waals surface area contributed by atoms with Gasteiger partial charge in [-0.15, -0.1) is 0 Å². The van der Waals surface area contributed by atoms with Gasteiger partial charge in [-0.25, -0.2) is 0 Å². The summed E-state index contributed by atoms with van der Waals surface area (Å²) < 4.78 is 18.5. The summed E-state index contributed by atoms with van der Waals surface area (Å²) in [6.07, 6.45) is 1.41. The van der Waals surface area contributed by atoms with Crippen LogP contribution in [-0.4, -0.2) is 16.6 Å². The number of furan rings is 1. The Labute approximate surface area is 114 Å². The van der Waals surface area contributed by atoms with E-state index in [1.165, 1.54) is 25.3 Å². The number of nitrogens with zero attached hydrogens (tertiary/aromatic N) is 1. The molecule has 1 aromatic heterocycles. The molecule has 0 aliphatic carbocycles. The lowest BCUT2D eigenvalue weighted by Gasteiger charge is -2.21. The quantitative estimate of drug-likeness (QED) is 0.649.